The highest BCUT2D eigenvalue weighted by molar-refractivity contribution is 7.17. The Morgan fingerprint density at radius 2 is 2.12 bits per heavy atom. The SMILES string of the molecule is CCc1nc(N/N=C\c2ccc(OC)cc2OC)sc1C(=O)OC. The van der Waals surface area contributed by atoms with E-state index < -0.39 is 5.97 Å². The number of hydrogen-bond donors (Lipinski definition) is 1. The van der Waals surface area contributed by atoms with Crippen molar-refractivity contribution in [2.45, 2.75) is 13.3 Å². The molecule has 1 aromatic heterocycles. The van der Waals surface area contributed by atoms with E-state index in [0.29, 0.717) is 33.6 Å². The summed E-state index contributed by atoms with van der Waals surface area (Å²) >= 11 is 1.21. The van der Waals surface area contributed by atoms with Crippen molar-refractivity contribution in [3.05, 3.63) is 34.3 Å². The van der Waals surface area contributed by atoms with Crippen LogP contribution in [-0.4, -0.2) is 38.5 Å². The van der Waals surface area contributed by atoms with Gasteiger partial charge in [0, 0.05) is 11.6 Å². The summed E-state index contributed by atoms with van der Waals surface area (Å²) in [6.07, 6.45) is 2.25. The lowest BCUT2D eigenvalue weighted by molar-refractivity contribution is 0.0605. The maximum Gasteiger partial charge on any atom is 0.350 e. The highest BCUT2D eigenvalue weighted by atomic mass is 32.1. The van der Waals surface area contributed by atoms with Gasteiger partial charge in [0.25, 0.3) is 0 Å². The minimum atomic E-state index is -0.391. The van der Waals surface area contributed by atoms with E-state index in [1.54, 1.807) is 26.5 Å². The third kappa shape index (κ3) is 4.02. The van der Waals surface area contributed by atoms with Crippen molar-refractivity contribution >= 4 is 28.7 Å². The Labute approximate surface area is 144 Å². The first-order valence-corrected chi connectivity index (χ1v) is 8.03. The molecule has 0 spiro atoms. The number of thiazole rings is 1. The summed E-state index contributed by atoms with van der Waals surface area (Å²) in [4.78, 5) is 16.5. The second-order valence-electron chi connectivity index (χ2n) is 4.62. The Kier molecular flexibility index (Phi) is 6.14. The fourth-order valence-corrected chi connectivity index (χ4v) is 2.90. The highest BCUT2D eigenvalue weighted by Gasteiger charge is 2.17. The lowest BCUT2D eigenvalue weighted by Gasteiger charge is -2.06. The van der Waals surface area contributed by atoms with E-state index in [-0.39, 0.29) is 0 Å². The van der Waals surface area contributed by atoms with Crippen molar-refractivity contribution in [2.24, 2.45) is 5.10 Å². The number of ether oxygens (including phenoxy) is 3. The lowest BCUT2D eigenvalue weighted by Crippen LogP contribution is -2.01. The maximum atomic E-state index is 11.7. The standard InChI is InChI=1S/C16H19N3O4S/c1-5-12-14(15(20)23-4)24-16(18-12)19-17-9-10-6-7-11(21-2)8-13(10)22-3/h6-9H,5H2,1-4H3,(H,18,19)/b17-9-. The van der Waals surface area contributed by atoms with E-state index in [9.17, 15) is 4.79 Å². The number of methoxy groups -OCH3 is 3. The smallest absolute Gasteiger partial charge is 0.350 e. The van der Waals surface area contributed by atoms with Crippen molar-refractivity contribution in [3.8, 4) is 11.5 Å². The molecule has 2 rings (SSSR count). The number of carbonyl (C=O) groups excluding carboxylic acids is 1. The van der Waals surface area contributed by atoms with E-state index in [2.05, 4.69) is 15.5 Å². The van der Waals surface area contributed by atoms with Crippen molar-refractivity contribution in [1.82, 2.24) is 4.98 Å². The quantitative estimate of drug-likeness (QED) is 0.470. The fraction of sp³-hybridized carbons (Fsp3) is 0.312. The van der Waals surface area contributed by atoms with Crippen molar-refractivity contribution in [2.75, 3.05) is 26.8 Å². The third-order valence-corrected chi connectivity index (χ3v) is 4.19. The minimum Gasteiger partial charge on any atom is -0.497 e. The number of hydrogen-bond acceptors (Lipinski definition) is 8. The van der Waals surface area contributed by atoms with Gasteiger partial charge in [0.05, 0.1) is 33.2 Å². The first kappa shape index (κ1) is 17.7. The molecule has 0 atom stereocenters. The normalized spacial score (nSPS) is 10.7. The number of rotatable bonds is 7. The molecule has 2 aromatic rings. The molecule has 0 saturated carbocycles. The monoisotopic (exact) mass is 349 g/mol. The van der Waals surface area contributed by atoms with E-state index in [4.69, 9.17) is 14.2 Å². The molecule has 0 bridgehead atoms. The molecule has 0 radical (unpaired) electrons. The first-order chi connectivity index (χ1) is 11.6. The molecule has 1 N–H and O–H groups in total. The molecule has 0 saturated heterocycles. The zero-order valence-electron chi connectivity index (χ0n) is 14.0. The van der Waals surface area contributed by atoms with Gasteiger partial charge in [0.2, 0.25) is 5.13 Å². The van der Waals surface area contributed by atoms with Crippen LogP contribution in [0.15, 0.2) is 23.3 Å². The fourth-order valence-electron chi connectivity index (χ4n) is 1.97. The third-order valence-electron chi connectivity index (χ3n) is 3.21. The molecule has 8 heteroatoms. The maximum absolute atomic E-state index is 11.7. The summed E-state index contributed by atoms with van der Waals surface area (Å²) in [6.45, 7) is 1.93. The van der Waals surface area contributed by atoms with Crippen LogP contribution >= 0.6 is 11.3 Å². The van der Waals surface area contributed by atoms with Crippen LogP contribution in [0, 0.1) is 0 Å². The first-order valence-electron chi connectivity index (χ1n) is 7.22. The van der Waals surface area contributed by atoms with Gasteiger partial charge in [0.1, 0.15) is 16.4 Å². The Morgan fingerprint density at radius 1 is 1.33 bits per heavy atom. The van der Waals surface area contributed by atoms with Gasteiger partial charge in [-0.2, -0.15) is 5.10 Å². The Morgan fingerprint density at radius 3 is 2.75 bits per heavy atom. The molecule has 0 aliphatic carbocycles. The molecule has 1 heterocycles. The number of aryl methyl sites for hydroxylation is 1. The van der Waals surface area contributed by atoms with Gasteiger partial charge in [-0.3, -0.25) is 5.43 Å². The lowest BCUT2D eigenvalue weighted by atomic mass is 10.2. The van der Waals surface area contributed by atoms with Crippen molar-refractivity contribution in [1.29, 1.82) is 0 Å². The molecule has 0 amide bonds. The largest absolute Gasteiger partial charge is 0.497 e. The summed E-state index contributed by atoms with van der Waals surface area (Å²) in [5.74, 6) is 0.953. The number of aromatic nitrogens is 1. The number of nitrogens with zero attached hydrogens (tertiary/aromatic N) is 2. The Hall–Kier alpha value is -2.61. The molecule has 128 valence electrons. The van der Waals surface area contributed by atoms with Crippen LogP contribution in [-0.2, 0) is 11.2 Å². The summed E-state index contributed by atoms with van der Waals surface area (Å²) in [6, 6.07) is 5.43. The molecular formula is C16H19N3O4S. The Balaban J connectivity index is 2.14. The number of benzene rings is 1. The summed E-state index contributed by atoms with van der Waals surface area (Å²) in [5, 5.41) is 4.67. The predicted molar refractivity (Wildman–Crippen MR) is 93.6 cm³/mol. The van der Waals surface area contributed by atoms with E-state index >= 15 is 0 Å². The zero-order chi connectivity index (χ0) is 17.5. The molecule has 0 unspecified atom stereocenters. The topological polar surface area (TPSA) is 82.0 Å². The summed E-state index contributed by atoms with van der Waals surface area (Å²) in [5.41, 5.74) is 4.30. The van der Waals surface area contributed by atoms with Gasteiger partial charge in [0.15, 0.2) is 0 Å². The second kappa shape index (κ2) is 8.30. The van der Waals surface area contributed by atoms with Crippen LogP contribution in [0.1, 0.15) is 27.9 Å². The van der Waals surface area contributed by atoms with Gasteiger partial charge >= 0.3 is 5.97 Å². The molecule has 0 aliphatic heterocycles. The number of hydrazone groups is 1. The zero-order valence-corrected chi connectivity index (χ0v) is 14.8. The van der Waals surface area contributed by atoms with Crippen LogP contribution in [0.25, 0.3) is 0 Å². The summed E-state index contributed by atoms with van der Waals surface area (Å²) in [7, 11) is 4.52. The number of anilines is 1. The van der Waals surface area contributed by atoms with Gasteiger partial charge in [-0.25, -0.2) is 9.78 Å². The van der Waals surface area contributed by atoms with Crippen LogP contribution in [0.2, 0.25) is 0 Å². The summed E-state index contributed by atoms with van der Waals surface area (Å²) < 4.78 is 15.2. The molecule has 1 aromatic carbocycles. The number of nitrogens with one attached hydrogen (secondary N) is 1. The van der Waals surface area contributed by atoms with Crippen LogP contribution in [0.3, 0.4) is 0 Å². The van der Waals surface area contributed by atoms with Crippen LogP contribution in [0.5, 0.6) is 11.5 Å². The van der Waals surface area contributed by atoms with E-state index in [1.165, 1.54) is 18.4 Å². The second-order valence-corrected chi connectivity index (χ2v) is 5.62. The van der Waals surface area contributed by atoms with Gasteiger partial charge < -0.3 is 14.2 Å². The average molecular weight is 349 g/mol. The predicted octanol–water partition coefficient (Wildman–Crippen LogP) is 2.96. The van der Waals surface area contributed by atoms with Crippen molar-refractivity contribution in [3.63, 3.8) is 0 Å². The average Bonchev–Trinajstić information content (AvgIpc) is 3.04. The van der Waals surface area contributed by atoms with Crippen molar-refractivity contribution < 1.29 is 19.0 Å². The molecule has 0 aliphatic rings. The van der Waals surface area contributed by atoms with Crippen LogP contribution < -0.4 is 14.9 Å². The Bertz CT molecular complexity index is 743. The molecule has 24 heavy (non-hydrogen) atoms. The molecular weight excluding hydrogens is 330 g/mol. The van der Waals surface area contributed by atoms with Gasteiger partial charge in [-0.1, -0.05) is 18.3 Å². The number of esters is 1. The molecule has 7 nitrogen and oxygen atoms in total. The van der Waals surface area contributed by atoms with E-state index in [1.807, 2.05) is 19.1 Å². The van der Waals surface area contributed by atoms with E-state index in [0.717, 1.165) is 5.56 Å². The van der Waals surface area contributed by atoms with Gasteiger partial charge in [-0.05, 0) is 18.6 Å². The highest BCUT2D eigenvalue weighted by Crippen LogP contribution is 2.25. The minimum absolute atomic E-state index is 0.391. The van der Waals surface area contributed by atoms with Crippen LogP contribution in [0.4, 0.5) is 5.13 Å². The number of carbonyl (C=O) groups is 1. The van der Waals surface area contributed by atoms with Gasteiger partial charge in [-0.15, -0.1) is 0 Å². The molecule has 0 fully saturated rings.